The van der Waals surface area contributed by atoms with Gasteiger partial charge in [-0.25, -0.2) is 0 Å². The molecular weight excluding hydrogens is 154 g/mol. The SMILES string of the molecule is CC(C)CC(O)CC(=O)N(C)C. The minimum Gasteiger partial charge on any atom is -0.393 e. The Bertz CT molecular complexity index is 143. The monoisotopic (exact) mass is 173 g/mol. The summed E-state index contributed by atoms with van der Waals surface area (Å²) in [5.41, 5.74) is 0. The molecular formula is C9H19NO2. The smallest absolute Gasteiger partial charge is 0.224 e. The van der Waals surface area contributed by atoms with Crippen LogP contribution < -0.4 is 0 Å². The van der Waals surface area contributed by atoms with Gasteiger partial charge in [0.15, 0.2) is 0 Å². The molecule has 1 N–H and O–H groups in total. The zero-order valence-corrected chi connectivity index (χ0v) is 8.37. The van der Waals surface area contributed by atoms with Crippen LogP contribution in [0, 0.1) is 5.92 Å². The first-order chi connectivity index (χ1) is 5.43. The maximum atomic E-state index is 11.1. The van der Waals surface area contributed by atoms with Crippen LogP contribution in [0.3, 0.4) is 0 Å². The van der Waals surface area contributed by atoms with Crippen molar-refractivity contribution in [3.8, 4) is 0 Å². The van der Waals surface area contributed by atoms with E-state index >= 15 is 0 Å². The molecule has 1 amide bonds. The fourth-order valence-corrected chi connectivity index (χ4v) is 1.01. The van der Waals surface area contributed by atoms with Gasteiger partial charge in [0.25, 0.3) is 0 Å². The lowest BCUT2D eigenvalue weighted by Crippen LogP contribution is -2.26. The molecule has 0 aromatic heterocycles. The Labute approximate surface area is 74.4 Å². The van der Waals surface area contributed by atoms with Crippen molar-refractivity contribution in [1.82, 2.24) is 4.90 Å². The molecule has 3 nitrogen and oxygen atoms in total. The zero-order valence-electron chi connectivity index (χ0n) is 8.37. The maximum Gasteiger partial charge on any atom is 0.224 e. The summed E-state index contributed by atoms with van der Waals surface area (Å²) in [6.07, 6.45) is 0.449. The van der Waals surface area contributed by atoms with Crippen LogP contribution in [-0.2, 0) is 4.79 Å². The summed E-state index contributed by atoms with van der Waals surface area (Å²) in [7, 11) is 3.40. The van der Waals surface area contributed by atoms with Crippen LogP contribution in [0.1, 0.15) is 26.7 Å². The molecule has 0 aromatic carbocycles. The molecule has 1 unspecified atom stereocenters. The van der Waals surface area contributed by atoms with Gasteiger partial charge in [-0.15, -0.1) is 0 Å². The highest BCUT2D eigenvalue weighted by Gasteiger charge is 2.13. The van der Waals surface area contributed by atoms with E-state index in [-0.39, 0.29) is 12.3 Å². The molecule has 0 aliphatic rings. The Kier molecular flexibility index (Phi) is 4.90. The van der Waals surface area contributed by atoms with Crippen LogP contribution >= 0.6 is 0 Å². The summed E-state index contributed by atoms with van der Waals surface area (Å²) in [5.74, 6) is 0.429. The van der Waals surface area contributed by atoms with Crippen molar-refractivity contribution in [1.29, 1.82) is 0 Å². The number of amides is 1. The highest BCUT2D eigenvalue weighted by Crippen LogP contribution is 2.08. The van der Waals surface area contributed by atoms with Gasteiger partial charge in [0, 0.05) is 14.1 Å². The Morgan fingerprint density at radius 3 is 2.25 bits per heavy atom. The van der Waals surface area contributed by atoms with E-state index in [2.05, 4.69) is 0 Å². The van der Waals surface area contributed by atoms with Gasteiger partial charge in [-0.2, -0.15) is 0 Å². The van der Waals surface area contributed by atoms with E-state index in [0.717, 1.165) is 0 Å². The maximum absolute atomic E-state index is 11.1. The van der Waals surface area contributed by atoms with Crippen LogP contribution in [0.5, 0.6) is 0 Å². The van der Waals surface area contributed by atoms with Gasteiger partial charge in [-0.1, -0.05) is 13.8 Å². The summed E-state index contributed by atoms with van der Waals surface area (Å²) >= 11 is 0. The second-order valence-electron chi connectivity index (χ2n) is 3.78. The van der Waals surface area contributed by atoms with Crippen molar-refractivity contribution < 1.29 is 9.90 Å². The van der Waals surface area contributed by atoms with Crippen LogP contribution in [0.2, 0.25) is 0 Å². The molecule has 0 aromatic rings. The van der Waals surface area contributed by atoms with Crippen molar-refractivity contribution in [2.45, 2.75) is 32.8 Å². The number of hydrogen-bond donors (Lipinski definition) is 1. The van der Waals surface area contributed by atoms with Gasteiger partial charge in [0.1, 0.15) is 0 Å². The van der Waals surface area contributed by atoms with Crippen molar-refractivity contribution in [3.63, 3.8) is 0 Å². The Balaban J connectivity index is 3.69. The second-order valence-corrected chi connectivity index (χ2v) is 3.78. The number of carbonyl (C=O) groups is 1. The number of aliphatic hydroxyl groups is 1. The van der Waals surface area contributed by atoms with Gasteiger partial charge in [-0.3, -0.25) is 4.79 Å². The summed E-state index contributed by atoms with van der Waals surface area (Å²) in [5, 5.41) is 9.39. The van der Waals surface area contributed by atoms with Gasteiger partial charge in [0.05, 0.1) is 12.5 Å². The third-order valence-corrected chi connectivity index (χ3v) is 1.65. The summed E-state index contributed by atoms with van der Waals surface area (Å²) in [6.45, 7) is 4.06. The number of nitrogens with zero attached hydrogens (tertiary/aromatic N) is 1. The first-order valence-electron chi connectivity index (χ1n) is 4.31. The van der Waals surface area contributed by atoms with Crippen molar-refractivity contribution in [2.75, 3.05) is 14.1 Å². The van der Waals surface area contributed by atoms with Gasteiger partial charge in [-0.05, 0) is 12.3 Å². The van der Waals surface area contributed by atoms with Crippen LogP contribution in [0.15, 0.2) is 0 Å². The molecule has 0 saturated heterocycles. The molecule has 0 aliphatic carbocycles. The lowest BCUT2D eigenvalue weighted by atomic mass is 10.0. The van der Waals surface area contributed by atoms with Crippen molar-refractivity contribution in [3.05, 3.63) is 0 Å². The number of rotatable bonds is 4. The Morgan fingerprint density at radius 1 is 1.42 bits per heavy atom. The predicted octanol–water partition coefficient (Wildman–Crippen LogP) is 0.872. The quantitative estimate of drug-likeness (QED) is 0.685. The average Bonchev–Trinajstić information content (AvgIpc) is 1.84. The first-order valence-corrected chi connectivity index (χ1v) is 4.31. The fraction of sp³-hybridized carbons (Fsp3) is 0.889. The molecule has 3 heteroatoms. The minimum absolute atomic E-state index is 0.0110. The van der Waals surface area contributed by atoms with Crippen molar-refractivity contribution in [2.24, 2.45) is 5.92 Å². The molecule has 72 valence electrons. The molecule has 1 atom stereocenters. The normalized spacial score (nSPS) is 13.2. The average molecular weight is 173 g/mol. The van der Waals surface area contributed by atoms with Crippen LogP contribution in [-0.4, -0.2) is 36.1 Å². The molecule has 0 aliphatic heterocycles. The Hall–Kier alpha value is -0.570. The minimum atomic E-state index is -0.486. The van der Waals surface area contributed by atoms with E-state index in [1.165, 1.54) is 4.90 Å². The molecule has 0 spiro atoms. The summed E-state index contributed by atoms with van der Waals surface area (Å²) < 4.78 is 0. The third-order valence-electron chi connectivity index (χ3n) is 1.65. The van der Waals surface area contributed by atoms with Gasteiger partial charge < -0.3 is 10.0 Å². The topological polar surface area (TPSA) is 40.5 Å². The third kappa shape index (κ3) is 5.13. The fourth-order valence-electron chi connectivity index (χ4n) is 1.01. The molecule has 0 heterocycles. The van der Waals surface area contributed by atoms with E-state index in [0.29, 0.717) is 12.3 Å². The highest BCUT2D eigenvalue weighted by molar-refractivity contribution is 5.75. The van der Waals surface area contributed by atoms with Gasteiger partial charge in [0.2, 0.25) is 5.91 Å². The van der Waals surface area contributed by atoms with E-state index in [1.54, 1.807) is 14.1 Å². The largest absolute Gasteiger partial charge is 0.393 e. The van der Waals surface area contributed by atoms with Crippen molar-refractivity contribution >= 4 is 5.91 Å². The highest BCUT2D eigenvalue weighted by atomic mass is 16.3. The Morgan fingerprint density at radius 2 is 1.92 bits per heavy atom. The van der Waals surface area contributed by atoms with Crippen LogP contribution in [0.4, 0.5) is 0 Å². The van der Waals surface area contributed by atoms with Crippen LogP contribution in [0.25, 0.3) is 0 Å². The summed E-state index contributed by atoms with van der Waals surface area (Å²) in [6, 6.07) is 0. The van der Waals surface area contributed by atoms with E-state index in [4.69, 9.17) is 0 Å². The molecule has 0 bridgehead atoms. The number of aliphatic hydroxyl groups excluding tert-OH is 1. The van der Waals surface area contributed by atoms with E-state index < -0.39 is 6.10 Å². The summed E-state index contributed by atoms with van der Waals surface area (Å²) in [4.78, 5) is 12.6. The zero-order chi connectivity index (χ0) is 9.72. The molecule has 0 rings (SSSR count). The standard InChI is InChI=1S/C9H19NO2/c1-7(2)5-8(11)6-9(12)10(3)4/h7-8,11H,5-6H2,1-4H3. The lowest BCUT2D eigenvalue weighted by Gasteiger charge is -2.15. The molecule has 0 fully saturated rings. The second kappa shape index (κ2) is 5.14. The number of carbonyl (C=O) groups excluding carboxylic acids is 1. The molecule has 12 heavy (non-hydrogen) atoms. The molecule has 0 radical (unpaired) electrons. The molecule has 0 saturated carbocycles. The van der Waals surface area contributed by atoms with E-state index in [1.807, 2.05) is 13.8 Å². The predicted molar refractivity (Wildman–Crippen MR) is 48.8 cm³/mol. The van der Waals surface area contributed by atoms with Gasteiger partial charge >= 0.3 is 0 Å². The van der Waals surface area contributed by atoms with E-state index in [9.17, 15) is 9.90 Å². The number of hydrogen-bond acceptors (Lipinski definition) is 2. The lowest BCUT2D eigenvalue weighted by molar-refractivity contribution is -0.130. The first kappa shape index (κ1) is 11.4.